The highest BCUT2D eigenvalue weighted by Gasteiger charge is 2.59. The fourth-order valence-electron chi connectivity index (χ4n) is 2.90. The van der Waals surface area contributed by atoms with Crippen LogP contribution in [0.5, 0.6) is 0 Å². The maximum Gasteiger partial charge on any atom is 0.144 e. The van der Waals surface area contributed by atoms with Crippen LogP contribution in [0.3, 0.4) is 0 Å². The summed E-state index contributed by atoms with van der Waals surface area (Å²) in [6.45, 7) is 0.481. The molecule has 4 rings (SSSR count). The molecule has 0 spiro atoms. The molecule has 2 aromatic carbocycles. The number of aromatic nitrogens is 3. The Kier molecular flexibility index (Phi) is 3.39. The van der Waals surface area contributed by atoms with Gasteiger partial charge in [0.15, 0.2) is 0 Å². The predicted molar refractivity (Wildman–Crippen MR) is 83.4 cm³/mol. The molecule has 23 heavy (non-hydrogen) atoms. The second-order valence-corrected chi connectivity index (χ2v) is 5.92. The number of epoxide rings is 1. The van der Waals surface area contributed by atoms with Gasteiger partial charge >= 0.3 is 0 Å². The summed E-state index contributed by atoms with van der Waals surface area (Å²) in [5.74, 6) is -0.278. The number of hydrogen-bond acceptors (Lipinski definition) is 3. The molecule has 0 bridgehead atoms. The Morgan fingerprint density at radius 3 is 2.78 bits per heavy atom. The van der Waals surface area contributed by atoms with E-state index >= 15 is 0 Å². The van der Waals surface area contributed by atoms with E-state index in [0.717, 1.165) is 11.1 Å². The zero-order valence-corrected chi connectivity index (χ0v) is 12.8. The molecule has 1 fully saturated rings. The first-order chi connectivity index (χ1) is 11.2. The van der Waals surface area contributed by atoms with Gasteiger partial charge in [0.2, 0.25) is 0 Å². The molecule has 0 amide bonds. The Morgan fingerprint density at radius 1 is 1.30 bits per heavy atom. The second kappa shape index (κ2) is 5.44. The Hall–Kier alpha value is -2.24. The summed E-state index contributed by atoms with van der Waals surface area (Å²) in [4.78, 5) is 3.97. The van der Waals surface area contributed by atoms with Crippen LogP contribution < -0.4 is 0 Å². The van der Waals surface area contributed by atoms with E-state index in [1.807, 2.05) is 24.3 Å². The lowest BCUT2D eigenvalue weighted by atomic mass is 10.1. The van der Waals surface area contributed by atoms with Crippen LogP contribution in [0.25, 0.3) is 0 Å². The van der Waals surface area contributed by atoms with Crippen molar-refractivity contribution in [3.63, 3.8) is 0 Å². The van der Waals surface area contributed by atoms with Crippen LogP contribution in [0.4, 0.5) is 4.39 Å². The first-order valence-corrected chi connectivity index (χ1v) is 7.57. The van der Waals surface area contributed by atoms with Crippen LogP contribution in [-0.2, 0) is 16.9 Å². The third kappa shape index (κ3) is 2.52. The summed E-state index contributed by atoms with van der Waals surface area (Å²) in [6.07, 6.45) is 2.91. The van der Waals surface area contributed by atoms with Crippen molar-refractivity contribution in [1.29, 1.82) is 0 Å². The fourth-order valence-corrected chi connectivity index (χ4v) is 3.13. The lowest BCUT2D eigenvalue weighted by molar-refractivity contribution is 0.262. The average Bonchev–Trinajstić information content (AvgIpc) is 3.02. The van der Waals surface area contributed by atoms with E-state index in [9.17, 15) is 4.39 Å². The number of halogens is 2. The number of ether oxygens (including phenoxy) is 1. The SMILES string of the molecule is F[14c]1[14cH][14cH][14c]([C@@]2(Cn3cncn3)O[C@@H]2c2ccccc2Cl)[14cH][14cH]1. The van der Waals surface area contributed by atoms with Crippen LogP contribution in [0.15, 0.2) is 61.2 Å². The molecule has 116 valence electrons. The standard InChI is InChI=1S/C17H13ClFN3O/c18-15-4-2-1-3-14(15)16-17(23-16,9-22-11-20-10-21-22)12-5-7-13(19)8-6-12/h1-8,10-11,16H,9H2/t16-,17-/m1/s1/i5+2,6+2,7+2,8+2,12+2,13+2. The summed E-state index contributed by atoms with van der Waals surface area (Å²) in [7, 11) is 0. The van der Waals surface area contributed by atoms with E-state index in [2.05, 4.69) is 10.1 Å². The van der Waals surface area contributed by atoms with Crippen molar-refractivity contribution < 1.29 is 9.13 Å². The van der Waals surface area contributed by atoms with Gasteiger partial charge in [0.05, 0.1) is 6.54 Å². The smallest absolute Gasteiger partial charge is 0.144 e. The summed E-state index contributed by atoms with van der Waals surface area (Å²) in [5.41, 5.74) is 1.18. The molecule has 3 aromatic rings. The summed E-state index contributed by atoms with van der Waals surface area (Å²) in [6, 6.07) is 13.9. The Labute approximate surface area is 137 Å². The lowest BCUT2D eigenvalue weighted by Crippen LogP contribution is -2.19. The number of rotatable bonds is 4. The molecule has 0 aliphatic carbocycles. The largest absolute Gasteiger partial charge is 0.354 e. The molecular weight excluding hydrogens is 329 g/mol. The highest BCUT2D eigenvalue weighted by Crippen LogP contribution is 2.59. The molecule has 0 radical (unpaired) electrons. The Bertz CT molecular complexity index is 822. The normalized spacial score (nSPS) is 23.0. The van der Waals surface area contributed by atoms with Gasteiger partial charge in [-0.05, 0) is 23.8 Å². The lowest BCUT2D eigenvalue weighted by Gasteiger charge is -2.14. The molecule has 1 aliphatic heterocycles. The zero-order valence-electron chi connectivity index (χ0n) is 12.1. The van der Waals surface area contributed by atoms with Crippen LogP contribution in [-0.4, -0.2) is 14.8 Å². The maximum atomic E-state index is 13.3. The van der Waals surface area contributed by atoms with E-state index in [-0.39, 0.29) is 11.9 Å². The van der Waals surface area contributed by atoms with Crippen molar-refractivity contribution in [1.82, 2.24) is 14.8 Å². The molecule has 1 aromatic heterocycles. The molecule has 0 unspecified atom stereocenters. The van der Waals surface area contributed by atoms with Gasteiger partial charge in [-0.3, -0.25) is 0 Å². The molecule has 4 nitrogen and oxygen atoms in total. The third-order valence-electron chi connectivity index (χ3n) is 4.08. The first kappa shape index (κ1) is 14.4. The van der Waals surface area contributed by atoms with Gasteiger partial charge in [-0.25, -0.2) is 14.1 Å². The topological polar surface area (TPSA) is 43.2 Å². The van der Waals surface area contributed by atoms with Crippen LogP contribution in [0.1, 0.15) is 17.2 Å². The molecule has 0 saturated carbocycles. The molecule has 1 aliphatic rings. The van der Waals surface area contributed by atoms with Gasteiger partial charge in [-0.15, -0.1) is 0 Å². The molecule has 1 saturated heterocycles. The highest BCUT2D eigenvalue weighted by atomic mass is 35.5. The predicted octanol–water partition coefficient (Wildman–Crippen LogP) is 3.74. The molecule has 2 heterocycles. The van der Waals surface area contributed by atoms with Gasteiger partial charge in [0.25, 0.3) is 0 Å². The van der Waals surface area contributed by atoms with Crippen molar-refractivity contribution >= 4 is 11.6 Å². The van der Waals surface area contributed by atoms with Crippen LogP contribution >= 0.6 is 11.6 Å². The van der Waals surface area contributed by atoms with Crippen molar-refractivity contribution in [3.05, 3.63) is 83.2 Å². The summed E-state index contributed by atoms with van der Waals surface area (Å²) < 4.78 is 21.1. The first-order valence-electron chi connectivity index (χ1n) is 7.20. The van der Waals surface area contributed by atoms with Gasteiger partial charge in [-0.2, -0.15) is 5.10 Å². The average molecular weight is 342 g/mol. The molecule has 2 atom stereocenters. The van der Waals surface area contributed by atoms with Gasteiger partial charge in [-0.1, -0.05) is 41.9 Å². The van der Waals surface area contributed by atoms with Crippen LogP contribution in [0, 0.1) is 5.82 Å². The Morgan fingerprint density at radius 2 is 2.09 bits per heavy atom. The van der Waals surface area contributed by atoms with Crippen molar-refractivity contribution in [2.75, 3.05) is 0 Å². The number of hydrogen-bond donors (Lipinski definition) is 0. The number of nitrogens with zero attached hydrogens (tertiary/aromatic N) is 3. The van der Waals surface area contributed by atoms with E-state index < -0.39 is 5.60 Å². The summed E-state index contributed by atoms with van der Waals surface area (Å²) >= 11 is 6.31. The fraction of sp³-hybridized carbons (Fsp3) is 0.176. The minimum atomic E-state index is -0.619. The van der Waals surface area contributed by atoms with E-state index in [0.29, 0.717) is 11.6 Å². The van der Waals surface area contributed by atoms with Gasteiger partial charge < -0.3 is 4.74 Å². The minimum Gasteiger partial charge on any atom is -0.354 e. The quantitative estimate of drug-likeness (QED) is 0.679. The van der Waals surface area contributed by atoms with E-state index in [1.165, 1.54) is 18.5 Å². The third-order valence-corrected chi connectivity index (χ3v) is 4.42. The molecular formula is C17H13ClFN3O. The monoisotopic (exact) mass is 341 g/mol. The van der Waals surface area contributed by atoms with Gasteiger partial charge in [0, 0.05) is 10.6 Å². The maximum absolute atomic E-state index is 13.3. The number of benzene rings is 2. The molecule has 0 N–H and O–H groups in total. The van der Waals surface area contributed by atoms with E-state index in [4.69, 9.17) is 16.3 Å². The molecule has 6 heteroatoms. The highest BCUT2D eigenvalue weighted by molar-refractivity contribution is 6.31. The van der Waals surface area contributed by atoms with Crippen molar-refractivity contribution in [2.45, 2.75) is 18.2 Å². The van der Waals surface area contributed by atoms with Crippen LogP contribution in [0.2, 0.25) is 5.02 Å². The van der Waals surface area contributed by atoms with Crippen molar-refractivity contribution in [3.8, 4) is 0 Å². The second-order valence-electron chi connectivity index (χ2n) is 5.51. The van der Waals surface area contributed by atoms with Crippen molar-refractivity contribution in [2.24, 2.45) is 0 Å². The summed E-state index contributed by atoms with van der Waals surface area (Å²) in [5, 5.41) is 4.81. The zero-order chi connectivity index (χ0) is 15.9. The van der Waals surface area contributed by atoms with E-state index in [1.54, 1.807) is 23.1 Å². The Balaban J connectivity index is 1.74. The minimum absolute atomic E-state index is 0.203. The van der Waals surface area contributed by atoms with Gasteiger partial charge in [0.1, 0.15) is 30.2 Å².